The molecular formula is C15H16ClN3O4. The van der Waals surface area contributed by atoms with E-state index in [1.54, 1.807) is 0 Å². The number of hydrogen-bond donors (Lipinski definition) is 4. The predicted molar refractivity (Wildman–Crippen MR) is 85.0 cm³/mol. The van der Waals surface area contributed by atoms with Crippen LogP contribution >= 0.6 is 11.6 Å². The predicted octanol–water partition coefficient (Wildman–Crippen LogP) is 0.763. The second-order valence-electron chi connectivity index (χ2n) is 5.09. The van der Waals surface area contributed by atoms with Crippen LogP contribution in [0.2, 0.25) is 0 Å². The Hall–Kier alpha value is -2.38. The number of nitrogens with one attached hydrogen (secondary N) is 2. The molecule has 0 saturated carbocycles. The van der Waals surface area contributed by atoms with Gasteiger partial charge in [0, 0.05) is 23.5 Å². The number of H-pyrrole nitrogens is 1. The summed E-state index contributed by atoms with van der Waals surface area (Å²) in [5.41, 5.74) is 7.43. The standard InChI is InChI=1S/C11H12N2O2.C4H4ClNO2/c12-9(11(14)15)5-7-6-13-10-4-2-1-3-8(7)10;5-2-1-3(7)6-4(2)8/h1-4,6,9,13H,5,12H2,(H,14,15);2H,1H2,(H,6,7,8)/t9-;/m0./s1. The third kappa shape index (κ3) is 4.30. The fourth-order valence-corrected chi connectivity index (χ4v) is 2.34. The van der Waals surface area contributed by atoms with Crippen LogP contribution in [-0.2, 0) is 20.8 Å². The molecule has 2 amide bonds. The van der Waals surface area contributed by atoms with Gasteiger partial charge >= 0.3 is 5.97 Å². The van der Waals surface area contributed by atoms with Crippen molar-refractivity contribution in [2.45, 2.75) is 24.3 Å². The number of amides is 2. The van der Waals surface area contributed by atoms with Crippen LogP contribution in [0.4, 0.5) is 0 Å². The van der Waals surface area contributed by atoms with Crippen LogP contribution in [0, 0.1) is 0 Å². The number of aromatic nitrogens is 1. The molecule has 0 bridgehead atoms. The molecule has 2 heterocycles. The fraction of sp³-hybridized carbons (Fsp3) is 0.267. The lowest BCUT2D eigenvalue weighted by molar-refractivity contribution is -0.138. The number of carbonyl (C=O) groups excluding carboxylic acids is 2. The molecule has 0 radical (unpaired) electrons. The van der Waals surface area contributed by atoms with E-state index in [9.17, 15) is 14.4 Å². The summed E-state index contributed by atoms with van der Waals surface area (Å²) in [5.74, 6) is -1.63. The molecule has 0 aliphatic carbocycles. The van der Waals surface area contributed by atoms with Gasteiger partial charge in [-0.3, -0.25) is 19.7 Å². The van der Waals surface area contributed by atoms with Crippen molar-refractivity contribution in [3.05, 3.63) is 36.0 Å². The maximum Gasteiger partial charge on any atom is 0.320 e. The third-order valence-corrected chi connectivity index (χ3v) is 3.70. The molecule has 1 fully saturated rings. The summed E-state index contributed by atoms with van der Waals surface area (Å²) in [7, 11) is 0. The molecule has 8 heteroatoms. The van der Waals surface area contributed by atoms with E-state index >= 15 is 0 Å². The minimum absolute atomic E-state index is 0.125. The number of aliphatic carboxylic acids is 1. The van der Waals surface area contributed by atoms with Crippen molar-refractivity contribution in [3.63, 3.8) is 0 Å². The van der Waals surface area contributed by atoms with E-state index in [2.05, 4.69) is 10.3 Å². The minimum atomic E-state index is -0.972. The van der Waals surface area contributed by atoms with Gasteiger partial charge in [-0.05, 0) is 11.6 Å². The first-order valence-corrected chi connectivity index (χ1v) is 7.33. The van der Waals surface area contributed by atoms with Gasteiger partial charge in [0.15, 0.2) is 0 Å². The van der Waals surface area contributed by atoms with E-state index in [-0.39, 0.29) is 18.2 Å². The van der Waals surface area contributed by atoms with Gasteiger partial charge < -0.3 is 15.8 Å². The highest BCUT2D eigenvalue weighted by atomic mass is 35.5. The highest BCUT2D eigenvalue weighted by Gasteiger charge is 2.27. The third-order valence-electron chi connectivity index (χ3n) is 3.34. The summed E-state index contributed by atoms with van der Waals surface area (Å²) in [6.07, 6.45) is 2.28. The number of alkyl halides is 1. The Morgan fingerprint density at radius 1 is 1.39 bits per heavy atom. The van der Waals surface area contributed by atoms with Gasteiger partial charge in [0.25, 0.3) is 0 Å². The highest BCUT2D eigenvalue weighted by Crippen LogP contribution is 2.18. The lowest BCUT2D eigenvalue weighted by Crippen LogP contribution is -2.32. The highest BCUT2D eigenvalue weighted by molar-refractivity contribution is 6.35. The smallest absolute Gasteiger partial charge is 0.320 e. The molecule has 1 saturated heterocycles. The van der Waals surface area contributed by atoms with Gasteiger partial charge in [-0.25, -0.2) is 0 Å². The zero-order valence-electron chi connectivity index (χ0n) is 12.1. The summed E-state index contributed by atoms with van der Waals surface area (Å²) in [4.78, 5) is 34.3. The topological polar surface area (TPSA) is 125 Å². The molecule has 23 heavy (non-hydrogen) atoms. The fourth-order valence-electron chi connectivity index (χ4n) is 2.15. The molecule has 0 spiro atoms. The van der Waals surface area contributed by atoms with Crippen molar-refractivity contribution >= 4 is 40.3 Å². The Labute approximate surface area is 136 Å². The Kier molecular flexibility index (Phi) is 5.36. The molecule has 7 nitrogen and oxygen atoms in total. The van der Waals surface area contributed by atoms with Crippen molar-refractivity contribution in [1.29, 1.82) is 0 Å². The Morgan fingerprint density at radius 2 is 2.09 bits per heavy atom. The maximum atomic E-state index is 10.6. The number of para-hydroxylation sites is 1. The number of benzene rings is 1. The van der Waals surface area contributed by atoms with Gasteiger partial charge in [0.05, 0.1) is 6.42 Å². The number of imide groups is 1. The molecule has 1 aromatic heterocycles. The molecular weight excluding hydrogens is 322 g/mol. The first-order chi connectivity index (χ1) is 10.9. The second kappa shape index (κ2) is 7.26. The number of carboxylic acids is 1. The second-order valence-corrected chi connectivity index (χ2v) is 5.62. The van der Waals surface area contributed by atoms with Gasteiger partial charge in [-0.2, -0.15) is 0 Å². The zero-order valence-corrected chi connectivity index (χ0v) is 12.8. The number of carbonyl (C=O) groups is 3. The summed E-state index contributed by atoms with van der Waals surface area (Å²) < 4.78 is 0. The van der Waals surface area contributed by atoms with E-state index in [0.717, 1.165) is 16.5 Å². The van der Waals surface area contributed by atoms with Crippen molar-refractivity contribution in [1.82, 2.24) is 10.3 Å². The Bertz CT molecular complexity index is 743. The number of fused-ring (bicyclic) bond motifs is 1. The Balaban J connectivity index is 0.000000203. The van der Waals surface area contributed by atoms with E-state index in [1.165, 1.54) is 0 Å². The molecule has 2 atom stereocenters. The molecule has 122 valence electrons. The average molecular weight is 338 g/mol. The van der Waals surface area contributed by atoms with Crippen LogP contribution in [0.15, 0.2) is 30.5 Å². The quantitative estimate of drug-likeness (QED) is 0.486. The van der Waals surface area contributed by atoms with Gasteiger partial charge in [0.2, 0.25) is 11.8 Å². The molecule has 1 aliphatic rings. The number of rotatable bonds is 3. The lowest BCUT2D eigenvalue weighted by atomic mass is 10.1. The summed E-state index contributed by atoms with van der Waals surface area (Å²) in [5, 5.41) is 11.2. The van der Waals surface area contributed by atoms with E-state index < -0.39 is 17.4 Å². The maximum absolute atomic E-state index is 10.6. The van der Waals surface area contributed by atoms with Crippen molar-refractivity contribution in [2.75, 3.05) is 0 Å². The zero-order chi connectivity index (χ0) is 17.0. The average Bonchev–Trinajstić information content (AvgIpc) is 3.03. The molecule has 1 aliphatic heterocycles. The van der Waals surface area contributed by atoms with E-state index in [4.69, 9.17) is 22.4 Å². The van der Waals surface area contributed by atoms with Crippen LogP contribution in [0.25, 0.3) is 10.9 Å². The molecule has 1 unspecified atom stereocenters. The van der Waals surface area contributed by atoms with Crippen LogP contribution in [0.1, 0.15) is 12.0 Å². The van der Waals surface area contributed by atoms with Crippen molar-refractivity contribution in [3.8, 4) is 0 Å². The SMILES string of the molecule is N[C@@H](Cc1c[nH]c2ccccc12)C(=O)O.O=C1CC(Cl)C(=O)N1. The molecule has 2 aromatic rings. The summed E-state index contributed by atoms with van der Waals surface area (Å²) in [6, 6.07) is 6.91. The molecule has 5 N–H and O–H groups in total. The molecule has 3 rings (SSSR count). The normalized spacial score (nSPS) is 18.3. The van der Waals surface area contributed by atoms with Crippen LogP contribution in [0.5, 0.6) is 0 Å². The van der Waals surface area contributed by atoms with E-state index in [0.29, 0.717) is 6.42 Å². The van der Waals surface area contributed by atoms with Crippen molar-refractivity contribution < 1.29 is 19.5 Å². The Morgan fingerprint density at radius 3 is 2.61 bits per heavy atom. The van der Waals surface area contributed by atoms with Crippen LogP contribution in [-0.4, -0.2) is 39.3 Å². The van der Waals surface area contributed by atoms with E-state index in [1.807, 2.05) is 30.5 Å². The van der Waals surface area contributed by atoms with Gasteiger partial charge in [-0.15, -0.1) is 11.6 Å². The summed E-state index contributed by atoms with van der Waals surface area (Å²) >= 11 is 5.32. The monoisotopic (exact) mass is 337 g/mol. The number of halogens is 1. The first-order valence-electron chi connectivity index (χ1n) is 6.89. The van der Waals surface area contributed by atoms with Gasteiger partial charge in [0.1, 0.15) is 11.4 Å². The number of carboxylic acid groups (broad SMARTS) is 1. The first kappa shape index (κ1) is 17.0. The number of aromatic amines is 1. The lowest BCUT2D eigenvalue weighted by Gasteiger charge is -2.04. The van der Waals surface area contributed by atoms with Crippen LogP contribution < -0.4 is 11.1 Å². The van der Waals surface area contributed by atoms with Gasteiger partial charge in [-0.1, -0.05) is 18.2 Å². The number of nitrogens with two attached hydrogens (primary N) is 1. The minimum Gasteiger partial charge on any atom is -0.480 e. The molecule has 1 aromatic carbocycles. The summed E-state index contributed by atoms with van der Waals surface area (Å²) in [6.45, 7) is 0. The van der Waals surface area contributed by atoms with Crippen molar-refractivity contribution in [2.24, 2.45) is 5.73 Å². The number of hydrogen-bond acceptors (Lipinski definition) is 4. The largest absolute Gasteiger partial charge is 0.480 e. The van der Waals surface area contributed by atoms with Crippen LogP contribution in [0.3, 0.4) is 0 Å².